The van der Waals surface area contributed by atoms with Gasteiger partial charge in [0.1, 0.15) is 0 Å². The molecular weight excluding hydrogens is 234 g/mol. The number of carbonyl (C=O) groups excluding carboxylic acids is 3. The van der Waals surface area contributed by atoms with Crippen LogP contribution < -0.4 is 0 Å². The molecule has 18 heavy (non-hydrogen) atoms. The van der Waals surface area contributed by atoms with Crippen molar-refractivity contribution in [2.45, 2.75) is 39.0 Å². The van der Waals surface area contributed by atoms with E-state index in [1.54, 1.807) is 6.92 Å². The van der Waals surface area contributed by atoms with Crippen molar-refractivity contribution in [1.82, 2.24) is 4.90 Å². The molecule has 2 rings (SSSR count). The number of esters is 1. The van der Waals surface area contributed by atoms with E-state index in [-0.39, 0.29) is 42.6 Å². The number of rotatable bonds is 4. The average molecular weight is 253 g/mol. The molecule has 1 saturated carbocycles. The van der Waals surface area contributed by atoms with Crippen molar-refractivity contribution in [3.05, 3.63) is 0 Å². The summed E-state index contributed by atoms with van der Waals surface area (Å²) in [5.41, 5.74) is 0. The van der Waals surface area contributed by atoms with Crippen LogP contribution in [-0.2, 0) is 19.1 Å². The van der Waals surface area contributed by atoms with Gasteiger partial charge in [0, 0.05) is 18.4 Å². The second-order valence-corrected chi connectivity index (χ2v) is 4.94. The largest absolute Gasteiger partial charge is 0.466 e. The molecule has 0 aromatic carbocycles. The third-order valence-corrected chi connectivity index (χ3v) is 3.75. The van der Waals surface area contributed by atoms with Crippen molar-refractivity contribution in [2.24, 2.45) is 11.8 Å². The van der Waals surface area contributed by atoms with Crippen LogP contribution in [0.25, 0.3) is 0 Å². The van der Waals surface area contributed by atoms with Gasteiger partial charge in [-0.3, -0.25) is 19.3 Å². The van der Waals surface area contributed by atoms with Gasteiger partial charge in [-0.15, -0.1) is 0 Å². The van der Waals surface area contributed by atoms with Gasteiger partial charge in [-0.2, -0.15) is 0 Å². The van der Waals surface area contributed by atoms with Crippen molar-refractivity contribution in [3.8, 4) is 0 Å². The number of likely N-dealkylation sites (tertiary alicyclic amines) is 1. The first-order chi connectivity index (χ1) is 8.63. The van der Waals surface area contributed by atoms with Gasteiger partial charge < -0.3 is 4.74 Å². The van der Waals surface area contributed by atoms with Gasteiger partial charge in [0.15, 0.2) is 0 Å². The highest BCUT2D eigenvalue weighted by Crippen LogP contribution is 2.36. The van der Waals surface area contributed by atoms with Gasteiger partial charge in [-0.25, -0.2) is 0 Å². The van der Waals surface area contributed by atoms with Gasteiger partial charge in [0.25, 0.3) is 0 Å². The Bertz CT molecular complexity index is 344. The Morgan fingerprint density at radius 2 is 1.89 bits per heavy atom. The lowest BCUT2D eigenvalue weighted by atomic mass is 9.77. The van der Waals surface area contributed by atoms with Crippen LogP contribution in [0.4, 0.5) is 0 Å². The zero-order valence-corrected chi connectivity index (χ0v) is 10.7. The zero-order valence-electron chi connectivity index (χ0n) is 10.7. The quantitative estimate of drug-likeness (QED) is 0.556. The van der Waals surface area contributed by atoms with Gasteiger partial charge >= 0.3 is 5.97 Å². The van der Waals surface area contributed by atoms with Gasteiger partial charge in [0.05, 0.1) is 13.0 Å². The van der Waals surface area contributed by atoms with Crippen LogP contribution in [0, 0.1) is 11.8 Å². The van der Waals surface area contributed by atoms with Crippen LogP contribution >= 0.6 is 0 Å². The molecule has 0 aromatic rings. The van der Waals surface area contributed by atoms with Gasteiger partial charge in [0.2, 0.25) is 11.8 Å². The summed E-state index contributed by atoms with van der Waals surface area (Å²) in [6, 6.07) is 0. The molecule has 100 valence electrons. The lowest BCUT2D eigenvalue weighted by molar-refractivity contribution is -0.158. The molecule has 2 bridgehead atoms. The number of hydrogen-bond donors (Lipinski definition) is 0. The third kappa shape index (κ3) is 2.54. The van der Waals surface area contributed by atoms with Gasteiger partial charge in [-0.05, 0) is 26.2 Å². The Balaban J connectivity index is 1.96. The normalized spacial score (nSPS) is 27.3. The first-order valence-corrected chi connectivity index (χ1v) is 6.64. The number of piperidine rings is 1. The third-order valence-electron chi connectivity index (χ3n) is 3.75. The molecule has 1 heterocycles. The summed E-state index contributed by atoms with van der Waals surface area (Å²) in [5, 5.41) is 0. The van der Waals surface area contributed by atoms with Crippen LogP contribution in [0.3, 0.4) is 0 Å². The van der Waals surface area contributed by atoms with E-state index in [2.05, 4.69) is 0 Å². The Morgan fingerprint density at radius 1 is 1.28 bits per heavy atom. The molecule has 2 aliphatic rings. The summed E-state index contributed by atoms with van der Waals surface area (Å²) in [4.78, 5) is 36.7. The highest BCUT2D eigenvalue weighted by atomic mass is 16.5. The fourth-order valence-electron chi connectivity index (χ4n) is 2.84. The average Bonchev–Trinajstić information content (AvgIpc) is 2.37. The van der Waals surface area contributed by atoms with E-state index in [0.29, 0.717) is 13.0 Å². The predicted molar refractivity (Wildman–Crippen MR) is 63.4 cm³/mol. The molecule has 0 spiro atoms. The molecule has 2 fully saturated rings. The molecule has 2 unspecified atom stereocenters. The van der Waals surface area contributed by atoms with Crippen molar-refractivity contribution in [2.75, 3.05) is 13.2 Å². The van der Waals surface area contributed by atoms with Crippen LogP contribution in [0.2, 0.25) is 0 Å². The molecule has 2 amide bonds. The molecule has 1 aliphatic carbocycles. The molecule has 5 nitrogen and oxygen atoms in total. The second-order valence-electron chi connectivity index (χ2n) is 4.94. The monoisotopic (exact) mass is 253 g/mol. The van der Waals surface area contributed by atoms with E-state index >= 15 is 0 Å². The number of fused-ring (bicyclic) bond motifs is 2. The molecule has 2 atom stereocenters. The number of carbonyl (C=O) groups is 3. The minimum Gasteiger partial charge on any atom is -0.466 e. The standard InChI is InChI=1S/C13H19NO4/c1-2-18-11(15)6-7-14-12(16)9-4-3-5-10(8-9)13(14)17/h9-10H,2-8H2,1H3. The molecule has 5 heteroatoms. The van der Waals surface area contributed by atoms with E-state index in [1.165, 1.54) is 4.90 Å². The van der Waals surface area contributed by atoms with E-state index < -0.39 is 0 Å². The maximum absolute atomic E-state index is 12.1. The lowest BCUT2D eigenvalue weighted by Crippen LogP contribution is -2.51. The number of ether oxygens (including phenoxy) is 1. The fraction of sp³-hybridized carbons (Fsp3) is 0.769. The maximum Gasteiger partial charge on any atom is 0.307 e. The van der Waals surface area contributed by atoms with E-state index in [0.717, 1.165) is 19.3 Å². The SMILES string of the molecule is CCOC(=O)CCN1C(=O)C2CCCC(C2)C1=O. The minimum absolute atomic E-state index is 0.0105. The van der Waals surface area contributed by atoms with Gasteiger partial charge in [-0.1, -0.05) is 6.42 Å². The first-order valence-electron chi connectivity index (χ1n) is 6.64. The van der Waals surface area contributed by atoms with Crippen LogP contribution in [0.15, 0.2) is 0 Å². The summed E-state index contributed by atoms with van der Waals surface area (Å²) in [7, 11) is 0. The number of nitrogens with zero attached hydrogens (tertiary/aromatic N) is 1. The number of imide groups is 1. The van der Waals surface area contributed by atoms with E-state index in [9.17, 15) is 14.4 Å². The van der Waals surface area contributed by atoms with Crippen LogP contribution in [0.1, 0.15) is 39.0 Å². The van der Waals surface area contributed by atoms with Crippen LogP contribution in [-0.4, -0.2) is 35.8 Å². The Morgan fingerprint density at radius 3 is 2.44 bits per heavy atom. The predicted octanol–water partition coefficient (Wildman–Crippen LogP) is 1.11. The molecular formula is C13H19NO4. The Kier molecular flexibility index (Phi) is 3.99. The van der Waals surface area contributed by atoms with E-state index in [1.807, 2.05) is 0 Å². The van der Waals surface area contributed by atoms with Crippen molar-refractivity contribution < 1.29 is 19.1 Å². The van der Waals surface area contributed by atoms with Crippen molar-refractivity contribution >= 4 is 17.8 Å². The topological polar surface area (TPSA) is 63.7 Å². The minimum atomic E-state index is -0.353. The molecule has 0 N–H and O–H groups in total. The number of hydrogen-bond acceptors (Lipinski definition) is 4. The highest BCUT2D eigenvalue weighted by molar-refractivity contribution is 6.00. The zero-order chi connectivity index (χ0) is 13.1. The summed E-state index contributed by atoms with van der Waals surface area (Å²) in [6.07, 6.45) is 3.51. The van der Waals surface area contributed by atoms with E-state index in [4.69, 9.17) is 4.74 Å². The molecule has 0 radical (unpaired) electrons. The molecule has 1 aliphatic heterocycles. The summed E-state index contributed by atoms with van der Waals surface area (Å²) < 4.78 is 4.81. The second kappa shape index (κ2) is 5.50. The Hall–Kier alpha value is -1.39. The Labute approximate surface area is 106 Å². The number of amides is 2. The van der Waals surface area contributed by atoms with Crippen LogP contribution in [0.5, 0.6) is 0 Å². The van der Waals surface area contributed by atoms with Crippen molar-refractivity contribution in [3.63, 3.8) is 0 Å². The van der Waals surface area contributed by atoms with Crippen molar-refractivity contribution in [1.29, 1.82) is 0 Å². The smallest absolute Gasteiger partial charge is 0.307 e. The highest BCUT2D eigenvalue weighted by Gasteiger charge is 2.42. The molecule has 0 aromatic heterocycles. The summed E-state index contributed by atoms with van der Waals surface area (Å²) in [6.45, 7) is 2.23. The fourth-order valence-corrected chi connectivity index (χ4v) is 2.84. The molecule has 1 saturated heterocycles. The lowest BCUT2D eigenvalue weighted by Gasteiger charge is -2.38. The maximum atomic E-state index is 12.1. The summed E-state index contributed by atoms with van der Waals surface area (Å²) in [5.74, 6) is -0.568. The summed E-state index contributed by atoms with van der Waals surface area (Å²) >= 11 is 0. The first kappa shape index (κ1) is 13.1.